The molecule has 1 amide bonds. The largest absolute Gasteiger partial charge is 0.363 e. The maximum atomic E-state index is 11.6. The monoisotopic (exact) mass is 182 g/mol. The molecule has 0 aliphatic heterocycles. The first kappa shape index (κ1) is 9.77. The molecule has 4 heteroatoms. The van der Waals surface area contributed by atoms with Gasteiger partial charge in [0.25, 0.3) is 0 Å². The molecule has 1 aromatic rings. The first-order valence-corrected chi connectivity index (χ1v) is 4.27. The van der Waals surface area contributed by atoms with Crippen LogP contribution in [0.2, 0.25) is 0 Å². The summed E-state index contributed by atoms with van der Waals surface area (Å²) in [5, 5.41) is 6.21. The topological polar surface area (TPSA) is 55.1 Å². The number of nitrogens with one attached hydrogen (secondary N) is 1. The third-order valence-corrected chi connectivity index (χ3v) is 2.19. The number of hydrogen-bond acceptors (Lipinski definition) is 3. The van der Waals surface area contributed by atoms with Crippen LogP contribution < -0.4 is 5.32 Å². The maximum Gasteiger partial charge on any atom is 0.230 e. The first-order chi connectivity index (χ1) is 6.06. The zero-order valence-electron chi connectivity index (χ0n) is 8.13. The highest BCUT2D eigenvalue weighted by atomic mass is 16.5. The fourth-order valence-electron chi connectivity index (χ4n) is 0.727. The predicted molar refractivity (Wildman–Crippen MR) is 49.2 cm³/mol. The van der Waals surface area contributed by atoms with Gasteiger partial charge in [0, 0.05) is 5.41 Å². The van der Waals surface area contributed by atoms with Gasteiger partial charge in [-0.3, -0.25) is 4.79 Å². The fraction of sp³-hybridized carbons (Fsp3) is 0.556. The maximum absolute atomic E-state index is 11.6. The quantitative estimate of drug-likeness (QED) is 0.778. The van der Waals surface area contributed by atoms with Crippen LogP contribution in [0.25, 0.3) is 0 Å². The van der Waals surface area contributed by atoms with Crippen molar-refractivity contribution in [2.45, 2.75) is 27.2 Å². The number of rotatable bonds is 3. The summed E-state index contributed by atoms with van der Waals surface area (Å²) in [5.74, 6) is -0.0156. The molecular weight excluding hydrogens is 168 g/mol. The van der Waals surface area contributed by atoms with E-state index in [2.05, 4.69) is 15.0 Å². The van der Waals surface area contributed by atoms with E-state index in [1.807, 2.05) is 20.8 Å². The molecule has 13 heavy (non-hydrogen) atoms. The highest BCUT2D eigenvalue weighted by Crippen LogP contribution is 2.21. The van der Waals surface area contributed by atoms with Gasteiger partial charge in [-0.05, 0) is 6.42 Å². The minimum absolute atomic E-state index is 0.0156. The third kappa shape index (κ3) is 2.31. The smallest absolute Gasteiger partial charge is 0.230 e. The number of aromatic nitrogens is 1. The van der Waals surface area contributed by atoms with Crippen LogP contribution in [0.5, 0.6) is 0 Å². The Bertz CT molecular complexity index is 278. The molecule has 72 valence electrons. The van der Waals surface area contributed by atoms with E-state index in [9.17, 15) is 4.79 Å². The molecule has 0 aliphatic rings. The number of amides is 1. The zero-order valence-corrected chi connectivity index (χ0v) is 8.13. The van der Waals surface area contributed by atoms with Crippen LogP contribution in [0.1, 0.15) is 27.2 Å². The zero-order chi connectivity index (χ0) is 9.90. The van der Waals surface area contributed by atoms with Crippen LogP contribution >= 0.6 is 0 Å². The summed E-state index contributed by atoms with van der Waals surface area (Å²) in [6, 6.07) is 0. The number of hydrogen-bond donors (Lipinski definition) is 1. The second-order valence-corrected chi connectivity index (χ2v) is 3.60. The number of carbonyl (C=O) groups is 1. The van der Waals surface area contributed by atoms with E-state index in [4.69, 9.17) is 0 Å². The molecule has 4 nitrogen and oxygen atoms in total. The predicted octanol–water partition coefficient (Wildman–Crippen LogP) is 2.05. The molecular formula is C9H14N2O2. The van der Waals surface area contributed by atoms with E-state index in [1.165, 1.54) is 12.5 Å². The van der Waals surface area contributed by atoms with Gasteiger partial charge in [0.1, 0.15) is 12.0 Å². The molecule has 0 fully saturated rings. The Morgan fingerprint density at radius 2 is 2.38 bits per heavy atom. The molecule has 1 aromatic heterocycles. The van der Waals surface area contributed by atoms with E-state index in [1.54, 1.807) is 0 Å². The highest BCUT2D eigenvalue weighted by molar-refractivity contribution is 5.94. The van der Waals surface area contributed by atoms with Gasteiger partial charge in [0.05, 0.1) is 6.20 Å². The SMILES string of the molecule is CCC(C)(C)C(=O)Nc1cnoc1. The fourth-order valence-corrected chi connectivity index (χ4v) is 0.727. The van der Waals surface area contributed by atoms with E-state index >= 15 is 0 Å². The standard InChI is InChI=1S/C9H14N2O2/c1-4-9(2,3)8(12)11-7-5-10-13-6-7/h5-6H,4H2,1-3H3,(H,11,12). The summed E-state index contributed by atoms with van der Waals surface area (Å²) in [6.07, 6.45) is 3.68. The molecule has 0 spiro atoms. The van der Waals surface area contributed by atoms with Crippen LogP contribution in [0.3, 0.4) is 0 Å². The van der Waals surface area contributed by atoms with Gasteiger partial charge in [-0.25, -0.2) is 0 Å². The van der Waals surface area contributed by atoms with Gasteiger partial charge >= 0.3 is 0 Å². The van der Waals surface area contributed by atoms with E-state index in [0.717, 1.165) is 6.42 Å². The van der Waals surface area contributed by atoms with Crippen molar-refractivity contribution in [3.63, 3.8) is 0 Å². The third-order valence-electron chi connectivity index (χ3n) is 2.19. The van der Waals surface area contributed by atoms with Crippen LogP contribution in [-0.2, 0) is 4.79 Å². The van der Waals surface area contributed by atoms with Gasteiger partial charge in [0.15, 0.2) is 0 Å². The summed E-state index contributed by atoms with van der Waals surface area (Å²) < 4.78 is 4.60. The number of carbonyl (C=O) groups excluding carboxylic acids is 1. The lowest BCUT2D eigenvalue weighted by Gasteiger charge is -2.20. The molecule has 0 unspecified atom stereocenters. The molecule has 0 saturated heterocycles. The summed E-state index contributed by atoms with van der Waals surface area (Å²) in [7, 11) is 0. The molecule has 1 heterocycles. The van der Waals surface area contributed by atoms with Crippen molar-refractivity contribution < 1.29 is 9.32 Å². The van der Waals surface area contributed by atoms with Crippen molar-refractivity contribution in [1.82, 2.24) is 5.16 Å². The average molecular weight is 182 g/mol. The molecule has 0 atom stereocenters. The average Bonchev–Trinajstić information content (AvgIpc) is 2.57. The van der Waals surface area contributed by atoms with Crippen LogP contribution in [0.15, 0.2) is 17.0 Å². The van der Waals surface area contributed by atoms with Gasteiger partial charge in [-0.1, -0.05) is 25.9 Å². The van der Waals surface area contributed by atoms with E-state index in [0.29, 0.717) is 5.69 Å². The molecule has 0 aromatic carbocycles. The van der Waals surface area contributed by atoms with Crippen molar-refractivity contribution in [2.24, 2.45) is 5.41 Å². The van der Waals surface area contributed by atoms with Crippen molar-refractivity contribution >= 4 is 11.6 Å². The van der Waals surface area contributed by atoms with Crippen LogP contribution in [0, 0.1) is 5.41 Å². The van der Waals surface area contributed by atoms with Crippen LogP contribution in [0.4, 0.5) is 5.69 Å². The minimum atomic E-state index is -0.350. The van der Waals surface area contributed by atoms with Crippen molar-refractivity contribution in [1.29, 1.82) is 0 Å². The highest BCUT2D eigenvalue weighted by Gasteiger charge is 2.25. The Morgan fingerprint density at radius 1 is 1.69 bits per heavy atom. The second-order valence-electron chi connectivity index (χ2n) is 3.60. The summed E-state index contributed by atoms with van der Waals surface area (Å²) in [4.78, 5) is 11.6. The summed E-state index contributed by atoms with van der Waals surface area (Å²) >= 11 is 0. The molecule has 0 radical (unpaired) electrons. The van der Waals surface area contributed by atoms with Crippen molar-refractivity contribution in [3.05, 3.63) is 12.5 Å². The minimum Gasteiger partial charge on any atom is -0.363 e. The van der Waals surface area contributed by atoms with E-state index in [-0.39, 0.29) is 11.3 Å². The number of anilines is 1. The lowest BCUT2D eigenvalue weighted by atomic mass is 9.89. The van der Waals surface area contributed by atoms with Crippen molar-refractivity contribution in [2.75, 3.05) is 5.32 Å². The van der Waals surface area contributed by atoms with Gasteiger partial charge in [-0.15, -0.1) is 0 Å². The summed E-state index contributed by atoms with van der Waals surface area (Å²) in [6.45, 7) is 5.78. The molecule has 1 N–H and O–H groups in total. The number of nitrogens with zero attached hydrogens (tertiary/aromatic N) is 1. The first-order valence-electron chi connectivity index (χ1n) is 4.27. The summed E-state index contributed by atoms with van der Waals surface area (Å²) in [5.41, 5.74) is 0.253. The lowest BCUT2D eigenvalue weighted by molar-refractivity contribution is -0.124. The normalized spacial score (nSPS) is 11.3. The van der Waals surface area contributed by atoms with Gasteiger partial charge < -0.3 is 9.84 Å². The molecule has 1 rings (SSSR count). The Morgan fingerprint density at radius 3 is 2.85 bits per heavy atom. The Kier molecular flexibility index (Phi) is 2.70. The molecule has 0 saturated carbocycles. The van der Waals surface area contributed by atoms with Crippen molar-refractivity contribution in [3.8, 4) is 0 Å². The van der Waals surface area contributed by atoms with Gasteiger partial charge in [0.2, 0.25) is 5.91 Å². The Balaban J connectivity index is 2.61. The molecule has 0 aliphatic carbocycles. The lowest BCUT2D eigenvalue weighted by Crippen LogP contribution is -2.29. The molecule has 0 bridgehead atoms. The van der Waals surface area contributed by atoms with Gasteiger partial charge in [-0.2, -0.15) is 0 Å². The van der Waals surface area contributed by atoms with E-state index < -0.39 is 0 Å². The Hall–Kier alpha value is -1.32. The Labute approximate surface area is 77.3 Å². The second kappa shape index (κ2) is 3.60. The van der Waals surface area contributed by atoms with Crippen LogP contribution in [-0.4, -0.2) is 11.1 Å².